The van der Waals surface area contributed by atoms with E-state index >= 15 is 0 Å². The average molecular weight is 518 g/mol. The van der Waals surface area contributed by atoms with E-state index in [1.807, 2.05) is 7.05 Å². The van der Waals surface area contributed by atoms with E-state index in [1.54, 1.807) is 0 Å². The average Bonchev–Trinajstić information content (AvgIpc) is 2.73. The maximum atomic E-state index is 5.48. The highest BCUT2D eigenvalue weighted by Crippen LogP contribution is 2.15. The maximum Gasteiger partial charge on any atom is 0.191 e. The number of nitrogens with zero attached hydrogens (tertiary/aromatic N) is 3. The molecule has 0 atom stereocenters. The molecule has 0 amide bonds. The summed E-state index contributed by atoms with van der Waals surface area (Å²) in [6.45, 7) is 17.3. The molecule has 0 bridgehead atoms. The molecule has 7 heteroatoms. The lowest BCUT2D eigenvalue weighted by Crippen LogP contribution is -2.56. The summed E-state index contributed by atoms with van der Waals surface area (Å²) in [5, 5.41) is 6.99. The molecule has 0 spiro atoms. The number of aliphatic imine (C=N–C) groups is 1. The highest BCUT2D eigenvalue weighted by Gasteiger charge is 2.28. The zero-order valence-corrected chi connectivity index (χ0v) is 21.2. The number of benzene rings is 1. The lowest BCUT2D eigenvalue weighted by molar-refractivity contribution is -0.00834. The zero-order valence-electron chi connectivity index (χ0n) is 18.8. The monoisotopic (exact) mass is 517 g/mol. The van der Waals surface area contributed by atoms with Gasteiger partial charge in [0.2, 0.25) is 0 Å². The molecule has 6 nitrogen and oxygen atoms in total. The van der Waals surface area contributed by atoms with Crippen LogP contribution in [-0.4, -0.2) is 74.3 Å². The summed E-state index contributed by atoms with van der Waals surface area (Å²) in [6, 6.07) is 8.67. The van der Waals surface area contributed by atoms with Gasteiger partial charge in [-0.15, -0.1) is 24.0 Å². The Morgan fingerprint density at radius 2 is 1.72 bits per heavy atom. The molecule has 0 aliphatic carbocycles. The van der Waals surface area contributed by atoms with Crippen molar-refractivity contribution in [1.29, 1.82) is 0 Å². The van der Waals surface area contributed by atoms with Gasteiger partial charge in [-0.3, -0.25) is 14.8 Å². The molecular formula is C22H40IN5O. The van der Waals surface area contributed by atoms with E-state index in [0.717, 1.165) is 65.0 Å². The molecule has 29 heavy (non-hydrogen) atoms. The first-order valence-electron chi connectivity index (χ1n) is 10.6. The van der Waals surface area contributed by atoms with Gasteiger partial charge in [0.15, 0.2) is 5.96 Å². The van der Waals surface area contributed by atoms with Gasteiger partial charge >= 0.3 is 0 Å². The Kier molecular flexibility index (Phi) is 12.1. The minimum absolute atomic E-state index is 0. The second-order valence-corrected chi connectivity index (χ2v) is 7.92. The minimum atomic E-state index is 0. The fourth-order valence-electron chi connectivity index (χ4n) is 3.55. The van der Waals surface area contributed by atoms with Crippen molar-refractivity contribution in [3.8, 4) is 0 Å². The molecule has 1 aliphatic heterocycles. The van der Waals surface area contributed by atoms with Crippen LogP contribution in [0.4, 0.5) is 0 Å². The van der Waals surface area contributed by atoms with Crippen LogP contribution in [0.3, 0.4) is 0 Å². The smallest absolute Gasteiger partial charge is 0.191 e. The second kappa shape index (κ2) is 13.4. The predicted octanol–water partition coefficient (Wildman–Crippen LogP) is 2.92. The maximum absolute atomic E-state index is 5.48. The summed E-state index contributed by atoms with van der Waals surface area (Å²) in [6.07, 6.45) is 0. The number of nitrogens with one attached hydrogen (secondary N) is 2. The largest absolute Gasteiger partial charge is 0.379 e. The van der Waals surface area contributed by atoms with E-state index in [4.69, 9.17) is 4.74 Å². The number of hydrogen-bond donors (Lipinski definition) is 2. The van der Waals surface area contributed by atoms with E-state index in [9.17, 15) is 0 Å². The molecule has 0 radical (unpaired) electrons. The molecule has 1 heterocycles. The van der Waals surface area contributed by atoms with E-state index in [1.165, 1.54) is 11.1 Å². The number of morpholine rings is 1. The molecule has 2 N–H and O–H groups in total. The molecule has 0 aromatic heterocycles. The van der Waals surface area contributed by atoms with Gasteiger partial charge in [-0.2, -0.15) is 0 Å². The third kappa shape index (κ3) is 8.39. The number of halogens is 1. The standard InChI is InChI=1S/C22H39N5O.HI/c1-6-26(7-2)17-20-11-9-8-10-19(20)16-24-21(23-5)25-18-22(3,4)27-12-14-28-15-13-27;/h8-11H,6-7,12-18H2,1-5H3,(H2,23,24,25);1H. The summed E-state index contributed by atoms with van der Waals surface area (Å²) >= 11 is 0. The minimum Gasteiger partial charge on any atom is -0.379 e. The van der Waals surface area contributed by atoms with Gasteiger partial charge in [-0.1, -0.05) is 38.1 Å². The third-order valence-corrected chi connectivity index (χ3v) is 5.63. The van der Waals surface area contributed by atoms with Gasteiger partial charge < -0.3 is 15.4 Å². The van der Waals surface area contributed by atoms with Crippen LogP contribution in [0.15, 0.2) is 29.3 Å². The number of rotatable bonds is 9. The molecule has 1 aromatic rings. The van der Waals surface area contributed by atoms with Crippen molar-refractivity contribution in [3.63, 3.8) is 0 Å². The first-order chi connectivity index (χ1) is 13.5. The SMILES string of the molecule is CCN(CC)Cc1ccccc1CNC(=NC)NCC(C)(C)N1CCOCC1.I. The van der Waals surface area contributed by atoms with Crippen LogP contribution in [0.5, 0.6) is 0 Å². The van der Waals surface area contributed by atoms with Gasteiger partial charge in [0.25, 0.3) is 0 Å². The third-order valence-electron chi connectivity index (χ3n) is 5.63. The van der Waals surface area contributed by atoms with Crippen LogP contribution in [0.25, 0.3) is 0 Å². The van der Waals surface area contributed by atoms with Crippen LogP contribution in [0.1, 0.15) is 38.8 Å². The van der Waals surface area contributed by atoms with Gasteiger partial charge in [0.1, 0.15) is 0 Å². The van der Waals surface area contributed by atoms with Crippen molar-refractivity contribution >= 4 is 29.9 Å². The van der Waals surface area contributed by atoms with E-state index in [2.05, 4.69) is 77.4 Å². The van der Waals surface area contributed by atoms with Crippen molar-refractivity contribution in [3.05, 3.63) is 35.4 Å². The normalized spacial score (nSPS) is 15.9. The van der Waals surface area contributed by atoms with E-state index in [0.29, 0.717) is 0 Å². The summed E-state index contributed by atoms with van der Waals surface area (Å²) in [7, 11) is 1.83. The van der Waals surface area contributed by atoms with Crippen molar-refractivity contribution in [1.82, 2.24) is 20.4 Å². The number of guanidine groups is 1. The van der Waals surface area contributed by atoms with Crippen LogP contribution in [-0.2, 0) is 17.8 Å². The Bertz CT molecular complexity index is 613. The summed E-state index contributed by atoms with van der Waals surface area (Å²) in [4.78, 5) is 9.34. The summed E-state index contributed by atoms with van der Waals surface area (Å²) in [5.74, 6) is 0.846. The Labute approximate surface area is 194 Å². The quantitative estimate of drug-likeness (QED) is 0.300. The van der Waals surface area contributed by atoms with Gasteiger partial charge in [0.05, 0.1) is 13.2 Å². The molecule has 1 aliphatic rings. The fraction of sp³-hybridized carbons (Fsp3) is 0.682. The molecule has 1 fully saturated rings. The Morgan fingerprint density at radius 3 is 2.31 bits per heavy atom. The second-order valence-electron chi connectivity index (χ2n) is 7.92. The van der Waals surface area contributed by atoms with Crippen molar-refractivity contribution in [2.24, 2.45) is 4.99 Å². The van der Waals surface area contributed by atoms with Crippen LogP contribution >= 0.6 is 24.0 Å². The number of hydrogen-bond acceptors (Lipinski definition) is 4. The Hall–Kier alpha value is -0.900. The van der Waals surface area contributed by atoms with Crippen LogP contribution < -0.4 is 10.6 Å². The highest BCUT2D eigenvalue weighted by atomic mass is 127. The molecule has 0 saturated carbocycles. The summed E-state index contributed by atoms with van der Waals surface area (Å²) < 4.78 is 5.48. The fourth-order valence-corrected chi connectivity index (χ4v) is 3.55. The lowest BCUT2D eigenvalue weighted by Gasteiger charge is -2.41. The molecule has 1 aromatic carbocycles. The first kappa shape index (κ1) is 26.1. The Balaban J connectivity index is 0.00000420. The van der Waals surface area contributed by atoms with Crippen molar-refractivity contribution in [2.45, 2.75) is 46.3 Å². The summed E-state index contributed by atoms with van der Waals surface area (Å²) in [5.41, 5.74) is 2.76. The lowest BCUT2D eigenvalue weighted by atomic mass is 10.0. The van der Waals surface area contributed by atoms with Crippen molar-refractivity contribution < 1.29 is 4.74 Å². The first-order valence-corrected chi connectivity index (χ1v) is 10.6. The molecule has 2 rings (SSSR count). The highest BCUT2D eigenvalue weighted by molar-refractivity contribution is 14.0. The number of ether oxygens (including phenoxy) is 1. The Morgan fingerprint density at radius 1 is 1.10 bits per heavy atom. The molecular weight excluding hydrogens is 477 g/mol. The van der Waals surface area contributed by atoms with Gasteiger partial charge in [0, 0.05) is 45.3 Å². The van der Waals surface area contributed by atoms with E-state index < -0.39 is 0 Å². The molecule has 1 saturated heterocycles. The van der Waals surface area contributed by atoms with Crippen LogP contribution in [0, 0.1) is 0 Å². The van der Waals surface area contributed by atoms with Gasteiger partial charge in [-0.05, 0) is 38.1 Å². The van der Waals surface area contributed by atoms with E-state index in [-0.39, 0.29) is 29.5 Å². The zero-order chi connectivity index (χ0) is 20.4. The van der Waals surface area contributed by atoms with Crippen molar-refractivity contribution in [2.75, 3.05) is 53.0 Å². The molecule has 0 unspecified atom stereocenters. The predicted molar refractivity (Wildman–Crippen MR) is 133 cm³/mol. The van der Waals surface area contributed by atoms with Gasteiger partial charge in [-0.25, -0.2) is 0 Å². The molecule has 166 valence electrons. The topological polar surface area (TPSA) is 52.1 Å². The van der Waals surface area contributed by atoms with Crippen LogP contribution in [0.2, 0.25) is 0 Å².